The summed E-state index contributed by atoms with van der Waals surface area (Å²) >= 11 is 0. The van der Waals surface area contributed by atoms with Gasteiger partial charge in [0.1, 0.15) is 11.4 Å². The van der Waals surface area contributed by atoms with Crippen molar-refractivity contribution in [3.8, 4) is 0 Å². The molecule has 0 bridgehead atoms. The Balaban J connectivity index is 2.44. The zero-order valence-corrected chi connectivity index (χ0v) is 12.6. The van der Waals surface area contributed by atoms with Crippen LogP contribution < -0.4 is 11.1 Å². The molecule has 0 amide bonds. The van der Waals surface area contributed by atoms with Crippen LogP contribution in [-0.2, 0) is 6.54 Å². The van der Waals surface area contributed by atoms with Crippen LogP contribution in [0.15, 0.2) is 21.7 Å². The van der Waals surface area contributed by atoms with Crippen molar-refractivity contribution in [2.75, 3.05) is 6.61 Å². The fourth-order valence-corrected chi connectivity index (χ4v) is 3.01. The number of pyridine rings is 2. The molecule has 7 heteroatoms. The molecule has 1 aliphatic carbocycles. The number of aliphatic hydroxyl groups is 1. The van der Waals surface area contributed by atoms with Gasteiger partial charge in [0.05, 0.1) is 17.7 Å². The monoisotopic (exact) mass is 314 g/mol. The van der Waals surface area contributed by atoms with Crippen molar-refractivity contribution < 1.29 is 14.7 Å². The van der Waals surface area contributed by atoms with Crippen molar-refractivity contribution in [1.82, 2.24) is 9.55 Å². The maximum absolute atomic E-state index is 12.8. The third-order valence-corrected chi connectivity index (χ3v) is 3.97. The second kappa shape index (κ2) is 5.13. The summed E-state index contributed by atoms with van der Waals surface area (Å²) in [5, 5.41) is 9.14. The van der Waals surface area contributed by atoms with Crippen molar-refractivity contribution in [3.63, 3.8) is 0 Å². The number of nitrogens with one attached hydrogen (secondary N) is 1. The summed E-state index contributed by atoms with van der Waals surface area (Å²) in [7, 11) is 0. The van der Waals surface area contributed by atoms with E-state index in [4.69, 9.17) is 5.11 Å². The number of ketones is 2. The summed E-state index contributed by atoms with van der Waals surface area (Å²) in [6.07, 6.45) is 0. The highest BCUT2D eigenvalue weighted by Gasteiger charge is 2.35. The van der Waals surface area contributed by atoms with E-state index in [9.17, 15) is 19.2 Å². The Kier molecular flexibility index (Phi) is 3.37. The molecule has 0 aliphatic heterocycles. The third-order valence-electron chi connectivity index (χ3n) is 3.97. The van der Waals surface area contributed by atoms with Crippen LogP contribution in [0.3, 0.4) is 0 Å². The van der Waals surface area contributed by atoms with E-state index < -0.39 is 22.7 Å². The molecule has 7 nitrogen and oxygen atoms in total. The van der Waals surface area contributed by atoms with Gasteiger partial charge in [0.25, 0.3) is 5.56 Å². The Labute approximate surface area is 130 Å². The molecule has 0 unspecified atom stereocenters. The van der Waals surface area contributed by atoms with Crippen molar-refractivity contribution in [3.05, 3.63) is 66.5 Å². The lowest BCUT2D eigenvalue weighted by atomic mass is 9.85. The smallest absolute Gasteiger partial charge is 0.251 e. The van der Waals surface area contributed by atoms with Gasteiger partial charge < -0.3 is 14.7 Å². The average molecular weight is 314 g/mol. The van der Waals surface area contributed by atoms with Crippen molar-refractivity contribution in [2.24, 2.45) is 0 Å². The molecular weight excluding hydrogens is 300 g/mol. The molecule has 118 valence electrons. The molecule has 3 rings (SSSR count). The number of hydrogen-bond acceptors (Lipinski definition) is 5. The van der Waals surface area contributed by atoms with E-state index in [2.05, 4.69) is 4.98 Å². The fourth-order valence-electron chi connectivity index (χ4n) is 3.01. The van der Waals surface area contributed by atoms with Gasteiger partial charge in [0.15, 0.2) is 5.78 Å². The lowest BCUT2D eigenvalue weighted by Gasteiger charge is -2.23. The second-order valence-electron chi connectivity index (χ2n) is 5.49. The van der Waals surface area contributed by atoms with E-state index in [0.717, 1.165) is 4.57 Å². The zero-order chi connectivity index (χ0) is 16.9. The van der Waals surface area contributed by atoms with E-state index >= 15 is 0 Å². The van der Waals surface area contributed by atoms with Crippen LogP contribution in [0.5, 0.6) is 0 Å². The predicted molar refractivity (Wildman–Crippen MR) is 81.2 cm³/mol. The molecule has 0 saturated carbocycles. The molecule has 2 aromatic heterocycles. The fraction of sp³-hybridized carbons (Fsp3) is 0.250. The van der Waals surface area contributed by atoms with Crippen LogP contribution in [0.25, 0.3) is 0 Å². The highest BCUT2D eigenvalue weighted by molar-refractivity contribution is 6.27. The highest BCUT2D eigenvalue weighted by Crippen LogP contribution is 2.28. The molecule has 0 saturated heterocycles. The van der Waals surface area contributed by atoms with Gasteiger partial charge in [-0.2, -0.15) is 0 Å². The third kappa shape index (κ3) is 2.08. The number of rotatable bonds is 2. The standard InChI is InChI=1S/C16H14N2O5/c1-7-5-9(20)17-13-11(7)15(22)12-8(2)6-10(21)18(3-4-19)14(12)16(13)23/h5-6,19H,3-4H2,1-2H3,(H,17,20). The molecule has 0 fully saturated rings. The Bertz CT molecular complexity index is 981. The molecular formula is C16H14N2O5. The minimum Gasteiger partial charge on any atom is -0.395 e. The van der Waals surface area contributed by atoms with Crippen LogP contribution in [0.4, 0.5) is 0 Å². The lowest BCUT2D eigenvalue weighted by molar-refractivity contribution is 0.0964. The maximum Gasteiger partial charge on any atom is 0.251 e. The first-order valence-corrected chi connectivity index (χ1v) is 7.05. The number of aromatic nitrogens is 2. The first-order valence-electron chi connectivity index (χ1n) is 7.05. The van der Waals surface area contributed by atoms with Crippen molar-refractivity contribution in [2.45, 2.75) is 20.4 Å². The number of fused-ring (bicyclic) bond motifs is 2. The molecule has 0 spiro atoms. The van der Waals surface area contributed by atoms with Gasteiger partial charge >= 0.3 is 0 Å². The van der Waals surface area contributed by atoms with Crippen LogP contribution >= 0.6 is 0 Å². The number of aliphatic hydroxyl groups excluding tert-OH is 1. The minimum absolute atomic E-state index is 0.0807. The summed E-state index contributed by atoms with van der Waals surface area (Å²) in [4.78, 5) is 51.8. The summed E-state index contributed by atoms with van der Waals surface area (Å²) < 4.78 is 1.08. The topological polar surface area (TPSA) is 109 Å². The Morgan fingerprint density at radius 2 is 1.65 bits per heavy atom. The molecule has 0 radical (unpaired) electrons. The van der Waals surface area contributed by atoms with Gasteiger partial charge in [-0.1, -0.05) is 0 Å². The van der Waals surface area contributed by atoms with Crippen molar-refractivity contribution >= 4 is 11.6 Å². The minimum atomic E-state index is -0.593. The number of carbonyl (C=O) groups excluding carboxylic acids is 2. The predicted octanol–water partition coefficient (Wildman–Crippen LogP) is -0.0789. The maximum atomic E-state index is 12.8. The second-order valence-corrected chi connectivity index (χ2v) is 5.49. The zero-order valence-electron chi connectivity index (χ0n) is 12.6. The lowest BCUT2D eigenvalue weighted by Crippen LogP contribution is -2.36. The highest BCUT2D eigenvalue weighted by atomic mass is 16.3. The Hall–Kier alpha value is -2.80. The number of carbonyl (C=O) groups is 2. The largest absolute Gasteiger partial charge is 0.395 e. The molecule has 0 aromatic carbocycles. The van der Waals surface area contributed by atoms with Gasteiger partial charge in [0.2, 0.25) is 11.3 Å². The van der Waals surface area contributed by atoms with E-state index in [-0.39, 0.29) is 35.7 Å². The number of hydrogen-bond donors (Lipinski definition) is 2. The van der Waals surface area contributed by atoms with Gasteiger partial charge in [0, 0.05) is 18.7 Å². The van der Waals surface area contributed by atoms with Crippen LogP contribution in [0.2, 0.25) is 0 Å². The first kappa shape index (κ1) is 15.1. The quantitative estimate of drug-likeness (QED) is 0.687. The summed E-state index contributed by atoms with van der Waals surface area (Å²) in [5.74, 6) is -1.00. The van der Waals surface area contributed by atoms with Gasteiger partial charge in [-0.05, 0) is 25.0 Å². The van der Waals surface area contributed by atoms with E-state index in [0.29, 0.717) is 11.1 Å². The Morgan fingerprint density at radius 3 is 2.30 bits per heavy atom. The number of nitrogens with zero attached hydrogens (tertiary/aromatic N) is 1. The average Bonchev–Trinajstić information content (AvgIpc) is 2.46. The SMILES string of the molecule is Cc1cc(=O)[nH]c2c1C(=O)c1c(C)cc(=O)n(CCO)c1C2=O. The first-order chi connectivity index (χ1) is 10.9. The van der Waals surface area contributed by atoms with Gasteiger partial charge in [-0.3, -0.25) is 19.2 Å². The molecule has 0 atom stereocenters. The Morgan fingerprint density at radius 1 is 1.00 bits per heavy atom. The van der Waals surface area contributed by atoms with Crippen LogP contribution in [-0.4, -0.2) is 32.8 Å². The number of H-pyrrole nitrogens is 1. The summed E-state index contributed by atoms with van der Waals surface area (Å²) in [6, 6.07) is 2.53. The summed E-state index contributed by atoms with van der Waals surface area (Å²) in [5.41, 5.74) is -0.0533. The molecule has 2 heterocycles. The number of aromatic amines is 1. The molecule has 1 aliphatic rings. The number of aryl methyl sites for hydroxylation is 2. The van der Waals surface area contributed by atoms with E-state index in [1.54, 1.807) is 13.8 Å². The van der Waals surface area contributed by atoms with Crippen LogP contribution in [0, 0.1) is 13.8 Å². The summed E-state index contributed by atoms with van der Waals surface area (Å²) in [6.45, 7) is 2.71. The van der Waals surface area contributed by atoms with Gasteiger partial charge in [-0.25, -0.2) is 0 Å². The molecule has 2 N–H and O–H groups in total. The van der Waals surface area contributed by atoms with E-state index in [1.165, 1.54) is 12.1 Å². The normalized spacial score (nSPS) is 13.0. The van der Waals surface area contributed by atoms with Gasteiger partial charge in [-0.15, -0.1) is 0 Å². The van der Waals surface area contributed by atoms with E-state index in [1.807, 2.05) is 0 Å². The van der Waals surface area contributed by atoms with Crippen molar-refractivity contribution in [1.29, 1.82) is 0 Å². The molecule has 23 heavy (non-hydrogen) atoms. The van der Waals surface area contributed by atoms with Crippen LogP contribution in [0.1, 0.15) is 43.2 Å². The molecule has 2 aromatic rings.